The average molecular weight is 361 g/mol. The summed E-state index contributed by atoms with van der Waals surface area (Å²) in [6, 6.07) is 6.75. The van der Waals surface area contributed by atoms with Crippen molar-refractivity contribution >= 4 is 28.9 Å². The minimum atomic E-state index is -1.27. The Bertz CT molecular complexity index is 784. The van der Waals surface area contributed by atoms with Crippen LogP contribution >= 0.6 is 0 Å². The molecule has 1 atom stereocenters. The van der Waals surface area contributed by atoms with E-state index >= 15 is 0 Å². The molecule has 26 heavy (non-hydrogen) atoms. The zero-order valence-corrected chi connectivity index (χ0v) is 14.7. The fourth-order valence-electron chi connectivity index (χ4n) is 2.47. The lowest BCUT2D eigenvalue weighted by atomic mass is 10.0. The number of aliphatic carboxylic acids is 1. The van der Waals surface area contributed by atoms with Gasteiger partial charge in [-0.25, -0.2) is 9.59 Å². The van der Waals surface area contributed by atoms with Crippen LogP contribution in [0.25, 0.3) is 10.9 Å². The maximum Gasteiger partial charge on any atom is 0.408 e. The predicted molar refractivity (Wildman–Crippen MR) is 95.8 cm³/mol. The van der Waals surface area contributed by atoms with Crippen LogP contribution in [0.15, 0.2) is 30.5 Å². The molecule has 0 radical (unpaired) electrons. The molecule has 0 saturated carbocycles. The van der Waals surface area contributed by atoms with E-state index in [4.69, 9.17) is 5.11 Å². The summed E-state index contributed by atoms with van der Waals surface area (Å²) in [7, 11) is 0. The summed E-state index contributed by atoms with van der Waals surface area (Å²) in [6.45, 7) is 3.63. The Labute approximate surface area is 150 Å². The molecule has 0 saturated heterocycles. The number of amides is 2. The van der Waals surface area contributed by atoms with Gasteiger partial charge in [-0.05, 0) is 17.5 Å². The third-order valence-corrected chi connectivity index (χ3v) is 3.72. The zero-order chi connectivity index (χ0) is 19.1. The van der Waals surface area contributed by atoms with E-state index in [1.807, 2.05) is 38.1 Å². The summed E-state index contributed by atoms with van der Waals surface area (Å²) in [6.07, 6.45) is 1.09. The van der Waals surface area contributed by atoms with Gasteiger partial charge in [0.25, 0.3) is 0 Å². The van der Waals surface area contributed by atoms with Crippen LogP contribution in [0.5, 0.6) is 0 Å². The topological polar surface area (TPSA) is 121 Å². The number of nitrogens with one attached hydrogen (secondary N) is 3. The lowest BCUT2D eigenvalue weighted by molar-refractivity contribution is -0.140. The van der Waals surface area contributed by atoms with Gasteiger partial charge in [-0.1, -0.05) is 32.0 Å². The number of ether oxygens (including phenoxy) is 1. The predicted octanol–water partition coefficient (Wildman–Crippen LogP) is 1.66. The van der Waals surface area contributed by atoms with E-state index in [-0.39, 0.29) is 18.2 Å². The molecule has 0 aliphatic heterocycles. The molecule has 1 aromatic carbocycles. The Hall–Kier alpha value is -3.03. The highest BCUT2D eigenvalue weighted by atomic mass is 16.6. The largest absolute Gasteiger partial charge is 0.479 e. The molecular weight excluding hydrogens is 338 g/mol. The van der Waals surface area contributed by atoms with E-state index in [2.05, 4.69) is 20.4 Å². The molecule has 0 bridgehead atoms. The molecule has 2 rings (SSSR count). The minimum Gasteiger partial charge on any atom is -0.479 e. The van der Waals surface area contributed by atoms with Gasteiger partial charge in [0.2, 0.25) is 5.91 Å². The number of benzene rings is 1. The lowest BCUT2D eigenvalue weighted by Crippen LogP contribution is -2.49. The van der Waals surface area contributed by atoms with E-state index < -0.39 is 24.7 Å². The third-order valence-electron chi connectivity index (χ3n) is 3.72. The molecule has 0 aliphatic rings. The maximum absolute atomic E-state index is 12.5. The second-order valence-corrected chi connectivity index (χ2v) is 6.37. The summed E-state index contributed by atoms with van der Waals surface area (Å²) in [5.41, 5.74) is 1.79. The summed E-state index contributed by atoms with van der Waals surface area (Å²) in [5.74, 6) is -1.36. The number of carbonyl (C=O) groups is 3. The van der Waals surface area contributed by atoms with Crippen LogP contribution in [0.2, 0.25) is 0 Å². The SMILES string of the molecule is CC(C)CNC(=O)[C@H](Cc1c[nH]c2ccccc12)NC(=O)OCC(=O)O. The van der Waals surface area contributed by atoms with E-state index in [0.717, 1.165) is 16.5 Å². The second kappa shape index (κ2) is 8.89. The first-order chi connectivity index (χ1) is 12.4. The van der Waals surface area contributed by atoms with Crippen LogP contribution in [0, 0.1) is 5.92 Å². The van der Waals surface area contributed by atoms with Crippen LogP contribution in [-0.4, -0.2) is 47.3 Å². The molecule has 4 N–H and O–H groups in total. The van der Waals surface area contributed by atoms with Crippen molar-refractivity contribution in [1.82, 2.24) is 15.6 Å². The number of para-hydroxylation sites is 1. The smallest absolute Gasteiger partial charge is 0.408 e. The number of aromatic amines is 1. The van der Waals surface area contributed by atoms with Gasteiger partial charge in [0, 0.05) is 30.1 Å². The Kier molecular flexibility index (Phi) is 6.60. The van der Waals surface area contributed by atoms with Gasteiger partial charge >= 0.3 is 12.1 Å². The van der Waals surface area contributed by atoms with Gasteiger partial charge < -0.3 is 25.5 Å². The third kappa shape index (κ3) is 5.51. The first-order valence-corrected chi connectivity index (χ1v) is 8.34. The van der Waals surface area contributed by atoms with Crippen LogP contribution in [0.4, 0.5) is 4.79 Å². The van der Waals surface area contributed by atoms with E-state index in [1.165, 1.54) is 0 Å². The van der Waals surface area contributed by atoms with Crippen LogP contribution in [0.1, 0.15) is 19.4 Å². The van der Waals surface area contributed by atoms with Crippen molar-refractivity contribution in [1.29, 1.82) is 0 Å². The van der Waals surface area contributed by atoms with E-state index in [9.17, 15) is 14.4 Å². The molecule has 0 spiro atoms. The highest BCUT2D eigenvalue weighted by Gasteiger charge is 2.23. The maximum atomic E-state index is 12.5. The molecular formula is C18H23N3O5. The van der Waals surface area contributed by atoms with Gasteiger partial charge in [-0.2, -0.15) is 0 Å². The monoisotopic (exact) mass is 361 g/mol. The number of carbonyl (C=O) groups excluding carboxylic acids is 2. The summed E-state index contributed by atoms with van der Waals surface area (Å²) in [4.78, 5) is 37.9. The molecule has 1 heterocycles. The van der Waals surface area contributed by atoms with Crippen LogP contribution < -0.4 is 10.6 Å². The molecule has 0 fully saturated rings. The number of hydrogen-bond donors (Lipinski definition) is 4. The first-order valence-electron chi connectivity index (χ1n) is 8.34. The van der Waals surface area contributed by atoms with Crippen molar-refractivity contribution in [2.45, 2.75) is 26.3 Å². The van der Waals surface area contributed by atoms with Gasteiger partial charge in [0.1, 0.15) is 6.04 Å². The van der Waals surface area contributed by atoms with Gasteiger partial charge in [0.15, 0.2) is 6.61 Å². The van der Waals surface area contributed by atoms with E-state index in [1.54, 1.807) is 6.20 Å². The lowest BCUT2D eigenvalue weighted by Gasteiger charge is -2.18. The molecule has 0 aliphatic carbocycles. The number of carboxylic acids is 1. The van der Waals surface area contributed by atoms with Crippen LogP contribution in [-0.2, 0) is 20.7 Å². The number of alkyl carbamates (subject to hydrolysis) is 1. The van der Waals surface area contributed by atoms with Crippen molar-refractivity contribution in [2.24, 2.45) is 5.92 Å². The fourth-order valence-corrected chi connectivity index (χ4v) is 2.47. The van der Waals surface area contributed by atoms with Crippen molar-refractivity contribution in [3.05, 3.63) is 36.0 Å². The Morgan fingerprint density at radius 1 is 1.23 bits per heavy atom. The number of hydrogen-bond acceptors (Lipinski definition) is 4. The quantitative estimate of drug-likeness (QED) is 0.570. The summed E-state index contributed by atoms with van der Waals surface area (Å²) >= 11 is 0. The number of carboxylic acid groups (broad SMARTS) is 1. The fraction of sp³-hybridized carbons (Fsp3) is 0.389. The van der Waals surface area contributed by atoms with Gasteiger partial charge in [-0.15, -0.1) is 0 Å². The summed E-state index contributed by atoms with van der Waals surface area (Å²) in [5, 5.41) is 14.8. The molecule has 8 heteroatoms. The number of rotatable bonds is 8. The second-order valence-electron chi connectivity index (χ2n) is 6.37. The van der Waals surface area contributed by atoms with Crippen molar-refractivity contribution in [3.63, 3.8) is 0 Å². The molecule has 2 aromatic rings. The summed E-state index contributed by atoms with van der Waals surface area (Å²) < 4.78 is 4.58. The standard InChI is InChI=1S/C18H23N3O5/c1-11(2)8-20-17(24)15(21-18(25)26-10-16(22)23)7-12-9-19-14-6-4-3-5-13(12)14/h3-6,9,11,15,19H,7-8,10H2,1-2H3,(H,20,24)(H,21,25)(H,22,23)/t15-/m0/s1. The Morgan fingerprint density at radius 3 is 2.65 bits per heavy atom. The minimum absolute atomic E-state index is 0.246. The molecule has 0 unspecified atom stereocenters. The van der Waals surface area contributed by atoms with Crippen LogP contribution in [0.3, 0.4) is 0 Å². The van der Waals surface area contributed by atoms with Gasteiger partial charge in [0.05, 0.1) is 0 Å². The van der Waals surface area contributed by atoms with Crippen molar-refractivity contribution in [2.75, 3.05) is 13.2 Å². The van der Waals surface area contributed by atoms with Crippen molar-refractivity contribution in [3.8, 4) is 0 Å². The van der Waals surface area contributed by atoms with Gasteiger partial charge in [-0.3, -0.25) is 4.79 Å². The number of fused-ring (bicyclic) bond motifs is 1. The molecule has 140 valence electrons. The highest BCUT2D eigenvalue weighted by molar-refractivity contribution is 5.88. The normalized spacial score (nSPS) is 12.0. The average Bonchev–Trinajstić information content (AvgIpc) is 3.00. The first kappa shape index (κ1) is 19.3. The van der Waals surface area contributed by atoms with Crippen molar-refractivity contribution < 1.29 is 24.2 Å². The molecule has 2 amide bonds. The Morgan fingerprint density at radius 2 is 1.96 bits per heavy atom. The van der Waals surface area contributed by atoms with E-state index in [0.29, 0.717) is 6.54 Å². The zero-order valence-electron chi connectivity index (χ0n) is 14.7. The Balaban J connectivity index is 2.12. The molecule has 1 aromatic heterocycles. The molecule has 8 nitrogen and oxygen atoms in total. The number of H-pyrrole nitrogens is 1. The highest BCUT2D eigenvalue weighted by Crippen LogP contribution is 2.19. The number of aromatic nitrogens is 1.